The number of hydrogen-bond donors (Lipinski definition) is 1. The van der Waals surface area contributed by atoms with Crippen LogP contribution in [-0.2, 0) is 0 Å². The van der Waals surface area contributed by atoms with E-state index in [2.05, 4.69) is 29.2 Å². The molecule has 5 heteroatoms. The molecule has 0 saturated carbocycles. The molecule has 0 aliphatic carbocycles. The Morgan fingerprint density at radius 2 is 2.38 bits per heavy atom. The summed E-state index contributed by atoms with van der Waals surface area (Å²) in [4.78, 5) is 21.0. The molecule has 2 rings (SSSR count). The molecule has 0 bridgehead atoms. The van der Waals surface area contributed by atoms with E-state index in [0.29, 0.717) is 5.69 Å². The quantitative estimate of drug-likeness (QED) is 0.902. The molecule has 1 aromatic heterocycles. The molecule has 5 nitrogen and oxygen atoms in total. The number of amides is 1. The van der Waals surface area contributed by atoms with Gasteiger partial charge in [-0.25, -0.2) is 0 Å². The van der Waals surface area contributed by atoms with E-state index in [0.717, 1.165) is 44.6 Å². The SMILES string of the molecule is CCCNc1ccnc(C(=O)N(C)C2CCCN(C)C2)c1. The van der Waals surface area contributed by atoms with Crippen LogP contribution in [0.2, 0.25) is 0 Å². The molecule has 1 aromatic rings. The van der Waals surface area contributed by atoms with E-state index in [-0.39, 0.29) is 11.9 Å². The van der Waals surface area contributed by atoms with Crippen molar-refractivity contribution < 1.29 is 4.79 Å². The molecule has 0 aromatic carbocycles. The number of nitrogens with one attached hydrogen (secondary N) is 1. The van der Waals surface area contributed by atoms with E-state index in [9.17, 15) is 4.79 Å². The molecule has 1 unspecified atom stereocenters. The number of nitrogens with zero attached hydrogens (tertiary/aromatic N) is 3. The summed E-state index contributed by atoms with van der Waals surface area (Å²) in [7, 11) is 4.00. The van der Waals surface area contributed by atoms with E-state index in [1.54, 1.807) is 6.20 Å². The lowest BCUT2D eigenvalue weighted by Crippen LogP contribution is -2.47. The molecule has 1 saturated heterocycles. The molecule has 1 N–H and O–H groups in total. The second-order valence-electron chi connectivity index (χ2n) is 5.83. The van der Waals surface area contributed by atoms with Crippen molar-refractivity contribution in [2.24, 2.45) is 0 Å². The number of rotatable bonds is 5. The molecule has 2 heterocycles. The third kappa shape index (κ3) is 4.17. The number of likely N-dealkylation sites (tertiary alicyclic amines) is 1. The van der Waals surface area contributed by atoms with Gasteiger partial charge in [-0.1, -0.05) is 6.92 Å². The van der Waals surface area contributed by atoms with Crippen molar-refractivity contribution >= 4 is 11.6 Å². The first-order valence-corrected chi connectivity index (χ1v) is 7.77. The topological polar surface area (TPSA) is 48.5 Å². The average Bonchev–Trinajstić information content (AvgIpc) is 2.51. The van der Waals surface area contributed by atoms with Crippen LogP contribution in [0.1, 0.15) is 36.7 Å². The lowest BCUT2D eigenvalue weighted by Gasteiger charge is -2.35. The smallest absolute Gasteiger partial charge is 0.272 e. The predicted octanol–water partition coefficient (Wildman–Crippen LogP) is 2.07. The Morgan fingerprint density at radius 1 is 1.57 bits per heavy atom. The van der Waals surface area contributed by atoms with Crippen LogP contribution in [0.3, 0.4) is 0 Å². The number of carbonyl (C=O) groups is 1. The van der Waals surface area contributed by atoms with Gasteiger partial charge in [-0.15, -0.1) is 0 Å². The first-order chi connectivity index (χ1) is 10.1. The minimum atomic E-state index is 0.00967. The zero-order valence-electron chi connectivity index (χ0n) is 13.3. The summed E-state index contributed by atoms with van der Waals surface area (Å²) >= 11 is 0. The minimum Gasteiger partial charge on any atom is -0.385 e. The first kappa shape index (κ1) is 15.8. The normalized spacial score (nSPS) is 19.3. The molecular formula is C16H26N4O. The predicted molar refractivity (Wildman–Crippen MR) is 85.6 cm³/mol. The van der Waals surface area contributed by atoms with Crippen LogP contribution in [0.15, 0.2) is 18.3 Å². The zero-order chi connectivity index (χ0) is 15.2. The van der Waals surface area contributed by atoms with Gasteiger partial charge in [0.2, 0.25) is 0 Å². The minimum absolute atomic E-state index is 0.00967. The van der Waals surface area contributed by atoms with E-state index in [1.807, 2.05) is 24.1 Å². The van der Waals surface area contributed by atoms with Gasteiger partial charge in [0.05, 0.1) is 0 Å². The fourth-order valence-corrected chi connectivity index (χ4v) is 2.73. The van der Waals surface area contributed by atoms with Crippen molar-refractivity contribution in [1.29, 1.82) is 0 Å². The number of likely N-dealkylation sites (N-methyl/N-ethyl adjacent to an activating group) is 2. The Hall–Kier alpha value is -1.62. The maximum atomic E-state index is 12.6. The highest BCUT2D eigenvalue weighted by Gasteiger charge is 2.25. The fraction of sp³-hybridized carbons (Fsp3) is 0.625. The van der Waals surface area contributed by atoms with E-state index in [1.165, 1.54) is 0 Å². The first-order valence-electron chi connectivity index (χ1n) is 7.77. The van der Waals surface area contributed by atoms with E-state index >= 15 is 0 Å². The van der Waals surface area contributed by atoms with Crippen molar-refractivity contribution in [2.75, 3.05) is 39.0 Å². The summed E-state index contributed by atoms with van der Waals surface area (Å²) in [6.45, 7) is 5.08. The number of hydrogen-bond acceptors (Lipinski definition) is 4. The largest absolute Gasteiger partial charge is 0.385 e. The van der Waals surface area contributed by atoms with Gasteiger partial charge in [-0.2, -0.15) is 0 Å². The number of pyridine rings is 1. The molecule has 1 amide bonds. The van der Waals surface area contributed by atoms with Crippen LogP contribution >= 0.6 is 0 Å². The fourth-order valence-electron chi connectivity index (χ4n) is 2.73. The van der Waals surface area contributed by atoms with E-state index < -0.39 is 0 Å². The maximum Gasteiger partial charge on any atom is 0.272 e. The molecule has 1 atom stereocenters. The van der Waals surface area contributed by atoms with Crippen LogP contribution in [0, 0.1) is 0 Å². The van der Waals surface area contributed by atoms with Crippen molar-refractivity contribution in [3.05, 3.63) is 24.0 Å². The molecule has 1 fully saturated rings. The highest BCUT2D eigenvalue weighted by molar-refractivity contribution is 5.93. The summed E-state index contributed by atoms with van der Waals surface area (Å²) < 4.78 is 0. The third-order valence-corrected chi connectivity index (χ3v) is 4.03. The Labute approximate surface area is 127 Å². The molecule has 116 valence electrons. The van der Waals surface area contributed by atoms with Crippen LogP contribution in [0.25, 0.3) is 0 Å². The standard InChI is InChI=1S/C16H26N4O/c1-4-8-17-13-7-9-18-15(11-13)16(21)20(3)14-6-5-10-19(2)12-14/h7,9,11,14H,4-6,8,10,12H2,1-3H3,(H,17,18). The lowest BCUT2D eigenvalue weighted by molar-refractivity contribution is 0.0638. The van der Waals surface area contributed by atoms with Crippen molar-refractivity contribution in [1.82, 2.24) is 14.8 Å². The van der Waals surface area contributed by atoms with Crippen molar-refractivity contribution in [3.8, 4) is 0 Å². The van der Waals surface area contributed by atoms with Crippen molar-refractivity contribution in [2.45, 2.75) is 32.2 Å². The summed E-state index contributed by atoms with van der Waals surface area (Å²) in [5.41, 5.74) is 1.48. The van der Waals surface area contributed by atoms with Gasteiger partial charge < -0.3 is 15.1 Å². The molecular weight excluding hydrogens is 264 g/mol. The van der Waals surface area contributed by atoms with Gasteiger partial charge in [-0.05, 0) is 45.0 Å². The lowest BCUT2D eigenvalue weighted by atomic mass is 10.0. The molecule has 0 spiro atoms. The second-order valence-corrected chi connectivity index (χ2v) is 5.83. The van der Waals surface area contributed by atoms with Crippen LogP contribution in [-0.4, -0.2) is 60.5 Å². The summed E-state index contributed by atoms with van der Waals surface area (Å²) in [5.74, 6) is 0.00967. The highest BCUT2D eigenvalue weighted by atomic mass is 16.2. The Morgan fingerprint density at radius 3 is 3.10 bits per heavy atom. The highest BCUT2D eigenvalue weighted by Crippen LogP contribution is 2.16. The number of piperidine rings is 1. The molecule has 1 aliphatic heterocycles. The number of anilines is 1. The Bertz CT molecular complexity index is 477. The van der Waals surface area contributed by atoms with Gasteiger partial charge in [0, 0.05) is 38.1 Å². The number of carbonyl (C=O) groups excluding carboxylic acids is 1. The van der Waals surface area contributed by atoms with Gasteiger partial charge in [0.25, 0.3) is 5.91 Å². The molecule has 21 heavy (non-hydrogen) atoms. The monoisotopic (exact) mass is 290 g/mol. The zero-order valence-corrected chi connectivity index (χ0v) is 13.3. The molecule has 1 aliphatic rings. The van der Waals surface area contributed by atoms with Gasteiger partial charge >= 0.3 is 0 Å². The van der Waals surface area contributed by atoms with Crippen LogP contribution in [0.4, 0.5) is 5.69 Å². The van der Waals surface area contributed by atoms with Gasteiger partial charge in [0.15, 0.2) is 0 Å². The van der Waals surface area contributed by atoms with Gasteiger partial charge in [0.1, 0.15) is 5.69 Å². The van der Waals surface area contributed by atoms with Gasteiger partial charge in [-0.3, -0.25) is 9.78 Å². The Balaban J connectivity index is 2.04. The summed E-state index contributed by atoms with van der Waals surface area (Å²) in [5, 5.41) is 3.30. The maximum absolute atomic E-state index is 12.6. The Kier molecular flexibility index (Phi) is 5.56. The third-order valence-electron chi connectivity index (χ3n) is 4.03. The average molecular weight is 290 g/mol. The molecule has 0 radical (unpaired) electrons. The summed E-state index contributed by atoms with van der Waals surface area (Å²) in [6.07, 6.45) is 4.97. The number of aromatic nitrogens is 1. The van der Waals surface area contributed by atoms with Crippen LogP contribution < -0.4 is 5.32 Å². The second kappa shape index (κ2) is 7.41. The van der Waals surface area contributed by atoms with Crippen LogP contribution in [0.5, 0.6) is 0 Å². The summed E-state index contributed by atoms with van der Waals surface area (Å²) in [6, 6.07) is 4.03. The van der Waals surface area contributed by atoms with E-state index in [4.69, 9.17) is 0 Å². The van der Waals surface area contributed by atoms with Crippen molar-refractivity contribution in [3.63, 3.8) is 0 Å².